The Hall–Kier alpha value is -1.30. The minimum absolute atomic E-state index is 0.106. The van der Waals surface area contributed by atoms with E-state index in [1.807, 2.05) is 0 Å². The Labute approximate surface area is 122 Å². The van der Waals surface area contributed by atoms with E-state index in [4.69, 9.17) is 4.74 Å². The second-order valence-electron chi connectivity index (χ2n) is 5.34. The van der Waals surface area contributed by atoms with Gasteiger partial charge in [0.25, 0.3) is 0 Å². The molecule has 120 valence electrons. The maximum atomic E-state index is 12.7. The lowest BCUT2D eigenvalue weighted by atomic mass is 10.1. The van der Waals surface area contributed by atoms with Gasteiger partial charge in [0.05, 0.1) is 13.2 Å². The normalized spacial score (nSPS) is 12.2. The highest BCUT2D eigenvalue weighted by Gasteiger charge is 2.39. The molecule has 1 aromatic carbocycles. The molecule has 2 nitrogen and oxygen atoms in total. The van der Waals surface area contributed by atoms with Crippen LogP contribution in [0, 0.1) is 5.92 Å². The van der Waals surface area contributed by atoms with E-state index in [1.165, 1.54) is 0 Å². The maximum Gasteiger partial charge on any atom is 0.319 e. The molecule has 0 saturated heterocycles. The molecule has 0 heterocycles. The molecule has 0 amide bonds. The van der Waals surface area contributed by atoms with Gasteiger partial charge in [0.15, 0.2) is 0 Å². The third-order valence-electron chi connectivity index (χ3n) is 2.90. The molecule has 0 atom stereocenters. The van der Waals surface area contributed by atoms with Crippen LogP contribution in [0.15, 0.2) is 24.3 Å². The molecule has 0 spiro atoms. The molecule has 0 radical (unpaired) electrons. The molecule has 0 aliphatic rings. The summed E-state index contributed by atoms with van der Waals surface area (Å²) in [6.07, 6.45) is -2.70. The first-order valence-corrected chi connectivity index (χ1v) is 6.89. The molecule has 6 heteroatoms. The first-order valence-electron chi connectivity index (χ1n) is 6.89. The van der Waals surface area contributed by atoms with Gasteiger partial charge in [-0.15, -0.1) is 0 Å². The maximum absolute atomic E-state index is 12.7. The highest BCUT2D eigenvalue weighted by atomic mass is 19.3. The van der Waals surface area contributed by atoms with E-state index in [-0.39, 0.29) is 6.54 Å². The average Bonchev–Trinajstić information content (AvgIpc) is 2.40. The van der Waals surface area contributed by atoms with Crippen LogP contribution in [0.25, 0.3) is 0 Å². The first-order chi connectivity index (χ1) is 9.81. The topological polar surface area (TPSA) is 21.3 Å². The van der Waals surface area contributed by atoms with Crippen molar-refractivity contribution in [2.45, 2.75) is 39.2 Å². The van der Waals surface area contributed by atoms with Crippen molar-refractivity contribution in [1.82, 2.24) is 5.32 Å². The summed E-state index contributed by atoms with van der Waals surface area (Å²) >= 11 is 0. The molecule has 0 aliphatic carbocycles. The summed E-state index contributed by atoms with van der Waals surface area (Å²) in [6, 6.07) is 6.92. The zero-order valence-corrected chi connectivity index (χ0v) is 12.2. The smallest absolute Gasteiger partial charge is 0.319 e. The molecule has 1 rings (SSSR count). The predicted octanol–water partition coefficient (Wildman–Crippen LogP) is 4.10. The Kier molecular flexibility index (Phi) is 6.95. The van der Waals surface area contributed by atoms with Crippen LogP contribution in [-0.2, 0) is 6.54 Å². The lowest BCUT2D eigenvalue weighted by molar-refractivity contribution is -0.125. The van der Waals surface area contributed by atoms with Crippen molar-refractivity contribution >= 4 is 0 Å². The lowest BCUT2D eigenvalue weighted by Crippen LogP contribution is -2.38. The molecule has 0 aromatic heterocycles. The van der Waals surface area contributed by atoms with E-state index in [0.717, 1.165) is 12.0 Å². The van der Waals surface area contributed by atoms with Gasteiger partial charge < -0.3 is 10.1 Å². The highest BCUT2D eigenvalue weighted by molar-refractivity contribution is 5.27. The van der Waals surface area contributed by atoms with Crippen LogP contribution in [0.2, 0.25) is 0 Å². The number of ether oxygens (including phenoxy) is 1. The lowest BCUT2D eigenvalue weighted by Gasteiger charge is -2.15. The van der Waals surface area contributed by atoms with E-state index in [1.54, 1.807) is 24.3 Å². The summed E-state index contributed by atoms with van der Waals surface area (Å²) < 4.78 is 54.8. The Morgan fingerprint density at radius 3 is 2.29 bits per heavy atom. The number of benzene rings is 1. The standard InChI is InChI=1S/C15H21F4NO/c1-11(2)7-8-21-13-5-3-12(4-6-13)9-20-10-15(18,19)14(16)17/h3-6,11,14,20H,7-10H2,1-2H3. The number of hydrogen-bond donors (Lipinski definition) is 1. The van der Waals surface area contributed by atoms with Crippen LogP contribution in [0.5, 0.6) is 5.75 Å². The molecule has 1 N–H and O–H groups in total. The van der Waals surface area contributed by atoms with Crippen LogP contribution in [0.3, 0.4) is 0 Å². The van der Waals surface area contributed by atoms with Gasteiger partial charge in [0, 0.05) is 6.54 Å². The summed E-state index contributed by atoms with van der Waals surface area (Å²) in [5.74, 6) is -2.73. The van der Waals surface area contributed by atoms with Crippen LogP contribution in [0.4, 0.5) is 17.6 Å². The predicted molar refractivity (Wildman–Crippen MR) is 74.0 cm³/mol. The van der Waals surface area contributed by atoms with Crippen molar-refractivity contribution in [2.24, 2.45) is 5.92 Å². The zero-order valence-electron chi connectivity index (χ0n) is 12.2. The van der Waals surface area contributed by atoms with Gasteiger partial charge in [-0.05, 0) is 30.0 Å². The fraction of sp³-hybridized carbons (Fsp3) is 0.600. The minimum atomic E-state index is -4.00. The van der Waals surface area contributed by atoms with Crippen molar-refractivity contribution in [1.29, 1.82) is 0 Å². The van der Waals surface area contributed by atoms with E-state index < -0.39 is 18.9 Å². The quantitative estimate of drug-likeness (QED) is 0.694. The van der Waals surface area contributed by atoms with Crippen molar-refractivity contribution in [3.05, 3.63) is 29.8 Å². The van der Waals surface area contributed by atoms with Gasteiger partial charge in [0.2, 0.25) is 0 Å². The molecule has 21 heavy (non-hydrogen) atoms. The summed E-state index contributed by atoms with van der Waals surface area (Å²) in [5.41, 5.74) is 0.733. The molecule has 0 saturated carbocycles. The van der Waals surface area contributed by atoms with Crippen LogP contribution in [-0.4, -0.2) is 25.5 Å². The third-order valence-corrected chi connectivity index (χ3v) is 2.90. The fourth-order valence-electron chi connectivity index (χ4n) is 1.57. The zero-order chi connectivity index (χ0) is 15.9. The summed E-state index contributed by atoms with van der Waals surface area (Å²) in [4.78, 5) is 0. The van der Waals surface area contributed by atoms with Crippen molar-refractivity contribution < 1.29 is 22.3 Å². The Morgan fingerprint density at radius 2 is 1.76 bits per heavy atom. The SMILES string of the molecule is CC(C)CCOc1ccc(CNCC(F)(F)C(F)F)cc1. The van der Waals surface area contributed by atoms with Crippen LogP contribution >= 0.6 is 0 Å². The summed E-state index contributed by atoms with van der Waals surface area (Å²) in [7, 11) is 0. The van der Waals surface area contributed by atoms with Gasteiger partial charge in [-0.1, -0.05) is 26.0 Å². The Bertz CT molecular complexity index is 407. The van der Waals surface area contributed by atoms with E-state index in [2.05, 4.69) is 19.2 Å². The van der Waals surface area contributed by atoms with Crippen molar-refractivity contribution in [3.63, 3.8) is 0 Å². The second kappa shape index (κ2) is 8.22. The largest absolute Gasteiger partial charge is 0.494 e. The molecule has 0 fully saturated rings. The molecule has 0 aliphatic heterocycles. The molecule has 0 bridgehead atoms. The van der Waals surface area contributed by atoms with Gasteiger partial charge in [-0.2, -0.15) is 8.78 Å². The van der Waals surface area contributed by atoms with Crippen LogP contribution < -0.4 is 10.1 Å². The molecular weight excluding hydrogens is 286 g/mol. The van der Waals surface area contributed by atoms with Gasteiger partial charge in [-0.3, -0.25) is 0 Å². The van der Waals surface area contributed by atoms with Crippen molar-refractivity contribution in [3.8, 4) is 5.75 Å². The van der Waals surface area contributed by atoms with E-state index in [9.17, 15) is 17.6 Å². The number of hydrogen-bond acceptors (Lipinski definition) is 2. The molecule has 0 unspecified atom stereocenters. The fourth-order valence-corrected chi connectivity index (χ4v) is 1.57. The number of alkyl halides is 4. The van der Waals surface area contributed by atoms with Crippen LogP contribution in [0.1, 0.15) is 25.8 Å². The highest BCUT2D eigenvalue weighted by Crippen LogP contribution is 2.21. The minimum Gasteiger partial charge on any atom is -0.494 e. The second-order valence-corrected chi connectivity index (χ2v) is 5.34. The van der Waals surface area contributed by atoms with Crippen molar-refractivity contribution in [2.75, 3.05) is 13.2 Å². The van der Waals surface area contributed by atoms with E-state index >= 15 is 0 Å². The third kappa shape index (κ3) is 6.80. The van der Waals surface area contributed by atoms with E-state index in [0.29, 0.717) is 18.3 Å². The summed E-state index contributed by atoms with van der Waals surface area (Å²) in [6.45, 7) is 3.89. The summed E-state index contributed by atoms with van der Waals surface area (Å²) in [5, 5.41) is 2.33. The molecular formula is C15H21F4NO. The van der Waals surface area contributed by atoms with Gasteiger partial charge in [-0.25, -0.2) is 8.78 Å². The average molecular weight is 307 g/mol. The van der Waals surface area contributed by atoms with Gasteiger partial charge >= 0.3 is 12.3 Å². The monoisotopic (exact) mass is 307 g/mol. The Morgan fingerprint density at radius 1 is 1.14 bits per heavy atom. The molecule has 1 aromatic rings. The number of rotatable bonds is 9. The van der Waals surface area contributed by atoms with Gasteiger partial charge in [0.1, 0.15) is 5.75 Å². The number of halogens is 4. The first kappa shape index (κ1) is 17.8. The Balaban J connectivity index is 2.34. The number of nitrogens with one attached hydrogen (secondary N) is 1.